The van der Waals surface area contributed by atoms with E-state index >= 15 is 0 Å². The fourth-order valence-electron chi connectivity index (χ4n) is 3.77. The number of nitrogens with zero attached hydrogens (tertiary/aromatic N) is 1. The van der Waals surface area contributed by atoms with E-state index in [2.05, 4.69) is 21.7 Å². The van der Waals surface area contributed by atoms with Gasteiger partial charge in [0, 0.05) is 23.7 Å². The van der Waals surface area contributed by atoms with Crippen LogP contribution >= 0.6 is 23.7 Å². The van der Waals surface area contributed by atoms with Gasteiger partial charge < -0.3 is 5.32 Å². The first-order valence-corrected chi connectivity index (χ1v) is 9.46. The molecule has 3 heterocycles. The van der Waals surface area contributed by atoms with Crippen molar-refractivity contribution in [3.63, 3.8) is 0 Å². The molecule has 2 aromatic rings. The van der Waals surface area contributed by atoms with Crippen LogP contribution in [0.2, 0.25) is 0 Å². The fourth-order valence-corrected chi connectivity index (χ4v) is 4.65. The Labute approximate surface area is 157 Å². The summed E-state index contributed by atoms with van der Waals surface area (Å²) in [5.41, 5.74) is 3.07. The monoisotopic (exact) mass is 380 g/mol. The number of rotatable bonds is 5. The van der Waals surface area contributed by atoms with Gasteiger partial charge in [-0.2, -0.15) is 0 Å². The molecule has 0 aliphatic carbocycles. The number of halogens is 2. The molecule has 0 spiro atoms. The Morgan fingerprint density at radius 2 is 2.16 bits per heavy atom. The first-order valence-electron chi connectivity index (χ1n) is 8.58. The van der Waals surface area contributed by atoms with Crippen LogP contribution in [0.1, 0.15) is 41.2 Å². The number of fused-ring (bicyclic) bond motifs is 2. The smallest absolute Gasteiger partial charge is 0.232 e. The summed E-state index contributed by atoms with van der Waals surface area (Å²) in [6.07, 6.45) is 4.01. The molecule has 2 aliphatic rings. The zero-order valence-electron chi connectivity index (χ0n) is 14.0. The van der Waals surface area contributed by atoms with Crippen molar-refractivity contribution < 1.29 is 9.18 Å². The summed E-state index contributed by atoms with van der Waals surface area (Å²) in [5.74, 6) is -0.452. The number of carbonyl (C=O) groups is 1. The van der Waals surface area contributed by atoms with Gasteiger partial charge in [0.15, 0.2) is 0 Å². The normalized spacial score (nSPS) is 19.1. The third-order valence-electron chi connectivity index (χ3n) is 5.07. The van der Waals surface area contributed by atoms with Crippen LogP contribution in [0.5, 0.6) is 0 Å². The number of amides is 1. The average Bonchev–Trinajstić information content (AvgIpc) is 3.15. The predicted octanol–water partition coefficient (Wildman–Crippen LogP) is 4.57. The molecule has 1 N–H and O–H groups in total. The van der Waals surface area contributed by atoms with Gasteiger partial charge in [-0.05, 0) is 66.6 Å². The van der Waals surface area contributed by atoms with Gasteiger partial charge in [-0.3, -0.25) is 9.69 Å². The molecule has 3 nitrogen and oxygen atoms in total. The molecule has 0 fully saturated rings. The van der Waals surface area contributed by atoms with Gasteiger partial charge in [0.2, 0.25) is 5.91 Å². The van der Waals surface area contributed by atoms with Gasteiger partial charge in [0.25, 0.3) is 0 Å². The van der Waals surface area contributed by atoms with Gasteiger partial charge in [0.1, 0.15) is 5.82 Å². The SMILES string of the molecule is Cl.O=C1Nc2ccc(F)cc2C1CCCCN1CCc2sccc2C1. The van der Waals surface area contributed by atoms with Crippen molar-refractivity contribution in [3.05, 3.63) is 51.5 Å². The van der Waals surface area contributed by atoms with Gasteiger partial charge in [-0.1, -0.05) is 6.42 Å². The quantitative estimate of drug-likeness (QED) is 0.770. The Hall–Kier alpha value is -1.43. The number of thiophene rings is 1. The molecule has 1 unspecified atom stereocenters. The Morgan fingerprint density at radius 3 is 3.04 bits per heavy atom. The number of unbranched alkanes of at least 4 members (excludes halogenated alkanes) is 1. The summed E-state index contributed by atoms with van der Waals surface area (Å²) in [6, 6.07) is 6.80. The molecule has 25 heavy (non-hydrogen) atoms. The molecule has 0 radical (unpaired) electrons. The number of hydrogen-bond acceptors (Lipinski definition) is 3. The van der Waals surface area contributed by atoms with E-state index in [1.807, 2.05) is 11.3 Å². The summed E-state index contributed by atoms with van der Waals surface area (Å²) in [7, 11) is 0. The molecule has 1 amide bonds. The summed E-state index contributed by atoms with van der Waals surface area (Å²) >= 11 is 1.87. The van der Waals surface area contributed by atoms with Crippen molar-refractivity contribution in [1.29, 1.82) is 0 Å². The predicted molar refractivity (Wildman–Crippen MR) is 102 cm³/mol. The van der Waals surface area contributed by atoms with E-state index in [0.717, 1.165) is 56.6 Å². The summed E-state index contributed by atoms with van der Waals surface area (Å²) in [4.78, 5) is 16.1. The van der Waals surface area contributed by atoms with Crippen molar-refractivity contribution in [2.45, 2.75) is 38.1 Å². The lowest BCUT2D eigenvalue weighted by atomic mass is 9.94. The molecule has 4 rings (SSSR count). The number of benzene rings is 1. The van der Waals surface area contributed by atoms with Crippen LogP contribution < -0.4 is 5.32 Å². The standard InChI is InChI=1S/C19H21FN2OS.ClH/c20-14-4-5-17-16(11-14)15(19(23)21-17)3-1-2-8-22-9-6-18-13(12-22)7-10-24-18;/h4-5,7,10-11,15H,1-3,6,8-9,12H2,(H,21,23);1H. The molecule has 1 atom stereocenters. The van der Waals surface area contributed by atoms with Crippen LogP contribution in [0.15, 0.2) is 29.6 Å². The third kappa shape index (κ3) is 3.89. The molecule has 134 valence electrons. The van der Waals surface area contributed by atoms with Crippen molar-refractivity contribution >= 4 is 35.3 Å². The summed E-state index contributed by atoms with van der Waals surface area (Å²) < 4.78 is 13.4. The third-order valence-corrected chi connectivity index (χ3v) is 6.09. The van der Waals surface area contributed by atoms with E-state index in [4.69, 9.17) is 0 Å². The zero-order valence-corrected chi connectivity index (χ0v) is 15.6. The first-order chi connectivity index (χ1) is 11.7. The van der Waals surface area contributed by atoms with E-state index < -0.39 is 0 Å². The summed E-state index contributed by atoms with van der Waals surface area (Å²) in [6.45, 7) is 3.25. The van der Waals surface area contributed by atoms with Crippen LogP contribution in [-0.2, 0) is 17.8 Å². The number of anilines is 1. The highest BCUT2D eigenvalue weighted by Crippen LogP contribution is 2.36. The van der Waals surface area contributed by atoms with Crippen LogP contribution in [0, 0.1) is 5.82 Å². The maximum atomic E-state index is 13.4. The average molecular weight is 381 g/mol. The molecule has 2 aliphatic heterocycles. The topological polar surface area (TPSA) is 32.3 Å². The molecule has 0 bridgehead atoms. The number of hydrogen-bond donors (Lipinski definition) is 1. The van der Waals surface area contributed by atoms with E-state index in [1.54, 1.807) is 6.07 Å². The molecule has 1 aromatic heterocycles. The van der Waals surface area contributed by atoms with Crippen molar-refractivity contribution in [2.75, 3.05) is 18.4 Å². The van der Waals surface area contributed by atoms with Gasteiger partial charge in [0.05, 0.1) is 5.92 Å². The minimum atomic E-state index is -0.268. The van der Waals surface area contributed by atoms with Crippen LogP contribution in [-0.4, -0.2) is 23.9 Å². The Bertz CT molecular complexity index is 764. The molecule has 0 saturated heterocycles. The molecular formula is C19H22ClFN2OS. The largest absolute Gasteiger partial charge is 0.325 e. The first kappa shape index (κ1) is 18.4. The maximum absolute atomic E-state index is 13.4. The van der Waals surface area contributed by atoms with Crippen LogP contribution in [0.4, 0.5) is 10.1 Å². The summed E-state index contributed by atoms with van der Waals surface area (Å²) in [5, 5.41) is 5.04. The van der Waals surface area contributed by atoms with E-state index in [1.165, 1.54) is 22.6 Å². The maximum Gasteiger partial charge on any atom is 0.232 e. The highest BCUT2D eigenvalue weighted by atomic mass is 35.5. The number of carbonyl (C=O) groups excluding carboxylic acids is 1. The van der Waals surface area contributed by atoms with Crippen molar-refractivity contribution in [1.82, 2.24) is 4.90 Å². The van der Waals surface area contributed by atoms with Gasteiger partial charge in [-0.15, -0.1) is 23.7 Å². The van der Waals surface area contributed by atoms with E-state index in [-0.39, 0.29) is 30.0 Å². The second-order valence-electron chi connectivity index (χ2n) is 6.66. The van der Waals surface area contributed by atoms with Gasteiger partial charge in [-0.25, -0.2) is 4.39 Å². The van der Waals surface area contributed by atoms with Crippen LogP contribution in [0.25, 0.3) is 0 Å². The lowest BCUT2D eigenvalue weighted by molar-refractivity contribution is -0.117. The highest BCUT2D eigenvalue weighted by molar-refractivity contribution is 7.10. The lowest BCUT2D eigenvalue weighted by Gasteiger charge is -2.26. The highest BCUT2D eigenvalue weighted by Gasteiger charge is 2.30. The second kappa shape index (κ2) is 7.85. The number of nitrogens with one attached hydrogen (secondary N) is 1. The molecule has 6 heteroatoms. The van der Waals surface area contributed by atoms with Crippen LogP contribution in [0.3, 0.4) is 0 Å². The van der Waals surface area contributed by atoms with Gasteiger partial charge >= 0.3 is 0 Å². The van der Waals surface area contributed by atoms with Crippen molar-refractivity contribution in [3.8, 4) is 0 Å². The van der Waals surface area contributed by atoms with E-state index in [0.29, 0.717) is 0 Å². The zero-order chi connectivity index (χ0) is 16.5. The minimum absolute atomic E-state index is 0. The Kier molecular flexibility index (Phi) is 5.77. The minimum Gasteiger partial charge on any atom is -0.325 e. The second-order valence-corrected chi connectivity index (χ2v) is 7.67. The molecular weight excluding hydrogens is 359 g/mol. The fraction of sp³-hybridized carbons (Fsp3) is 0.421. The van der Waals surface area contributed by atoms with Crippen molar-refractivity contribution in [2.24, 2.45) is 0 Å². The lowest BCUT2D eigenvalue weighted by Crippen LogP contribution is -2.30. The molecule has 1 aromatic carbocycles. The molecule has 0 saturated carbocycles. The Morgan fingerprint density at radius 1 is 1.28 bits per heavy atom. The van der Waals surface area contributed by atoms with E-state index in [9.17, 15) is 9.18 Å². The Balaban J connectivity index is 0.00000182.